The molecule has 1 unspecified atom stereocenters. The number of carbonyl (C=O) groups excluding carboxylic acids is 1. The van der Waals surface area contributed by atoms with Crippen molar-refractivity contribution in [2.75, 3.05) is 33.7 Å². The van der Waals surface area contributed by atoms with Crippen LogP contribution in [0, 0.1) is 0 Å². The lowest BCUT2D eigenvalue weighted by atomic mass is 10.0. The number of benzene rings is 1. The number of methoxy groups -OCH3 is 3. The van der Waals surface area contributed by atoms with Crippen LogP contribution >= 0.6 is 11.8 Å². The van der Waals surface area contributed by atoms with E-state index in [9.17, 15) is 14.7 Å². The molecule has 0 radical (unpaired) electrons. The van der Waals surface area contributed by atoms with Gasteiger partial charge in [-0.2, -0.15) is 0 Å². The fraction of sp³-hybridized carbons (Fsp3) is 0.412. The monoisotopic (exact) mass is 396 g/mol. The summed E-state index contributed by atoms with van der Waals surface area (Å²) in [6.07, 6.45) is 0. The molecule has 2 atom stereocenters. The minimum Gasteiger partial charge on any atom is -0.493 e. The summed E-state index contributed by atoms with van der Waals surface area (Å²) < 4.78 is 21.6. The summed E-state index contributed by atoms with van der Waals surface area (Å²) in [5.74, 6) is 0.518. The van der Waals surface area contributed by atoms with Crippen LogP contribution in [0.15, 0.2) is 23.4 Å². The minimum atomic E-state index is -1.18. The zero-order valence-electron chi connectivity index (χ0n) is 15.1. The number of hydrogen-bond donors (Lipinski definition) is 2. The van der Waals surface area contributed by atoms with Gasteiger partial charge < -0.3 is 29.8 Å². The van der Waals surface area contributed by atoms with Gasteiger partial charge in [0.05, 0.1) is 21.3 Å². The van der Waals surface area contributed by atoms with Crippen LogP contribution in [-0.4, -0.2) is 67.0 Å². The molecule has 1 aromatic rings. The lowest BCUT2D eigenvalue weighted by molar-refractivity contribution is -0.148. The van der Waals surface area contributed by atoms with Crippen LogP contribution in [0.3, 0.4) is 0 Å². The maximum absolute atomic E-state index is 12.0. The van der Waals surface area contributed by atoms with Crippen LogP contribution in [0.25, 0.3) is 0 Å². The highest BCUT2D eigenvalue weighted by Gasteiger charge is 2.51. The van der Waals surface area contributed by atoms with Crippen molar-refractivity contribution in [3.8, 4) is 23.0 Å². The van der Waals surface area contributed by atoms with E-state index in [4.69, 9.17) is 24.7 Å². The van der Waals surface area contributed by atoms with Crippen LogP contribution in [0.5, 0.6) is 23.0 Å². The Kier molecular flexibility index (Phi) is 5.38. The molecule has 0 saturated carbocycles. The maximum Gasteiger partial charge on any atom is 0.352 e. The number of aliphatic carboxylic acids is 1. The van der Waals surface area contributed by atoms with Crippen LogP contribution in [0.1, 0.15) is 0 Å². The van der Waals surface area contributed by atoms with Crippen molar-refractivity contribution in [2.45, 2.75) is 11.4 Å². The average molecular weight is 396 g/mol. The number of nitrogens with zero attached hydrogens (tertiary/aromatic N) is 1. The van der Waals surface area contributed by atoms with Crippen molar-refractivity contribution >= 4 is 23.6 Å². The van der Waals surface area contributed by atoms with Gasteiger partial charge in [-0.15, -0.1) is 11.8 Å². The molecule has 2 aliphatic heterocycles. The number of hydrogen-bond acceptors (Lipinski definition) is 8. The van der Waals surface area contributed by atoms with E-state index < -0.39 is 17.9 Å². The number of ether oxygens (including phenoxy) is 4. The number of nitrogens with two attached hydrogens (primary N) is 1. The van der Waals surface area contributed by atoms with Crippen molar-refractivity contribution in [3.63, 3.8) is 0 Å². The van der Waals surface area contributed by atoms with Gasteiger partial charge in [0.2, 0.25) is 11.7 Å². The number of thioether (sulfide) groups is 1. The third-order valence-electron chi connectivity index (χ3n) is 4.34. The third-order valence-corrected chi connectivity index (χ3v) is 5.70. The number of fused-ring (bicyclic) bond motifs is 1. The molecule has 3 rings (SSSR count). The van der Waals surface area contributed by atoms with Gasteiger partial charge in [0.15, 0.2) is 11.5 Å². The van der Waals surface area contributed by atoms with Gasteiger partial charge in [0.1, 0.15) is 29.5 Å². The van der Waals surface area contributed by atoms with Gasteiger partial charge in [0, 0.05) is 23.5 Å². The highest BCUT2D eigenvalue weighted by molar-refractivity contribution is 8.00. The summed E-state index contributed by atoms with van der Waals surface area (Å²) in [4.78, 5) is 24.9. The van der Waals surface area contributed by atoms with Crippen molar-refractivity contribution < 1.29 is 33.6 Å². The molecule has 0 bridgehead atoms. The molecule has 27 heavy (non-hydrogen) atoms. The van der Waals surface area contributed by atoms with E-state index in [1.807, 2.05) is 0 Å². The van der Waals surface area contributed by atoms with Gasteiger partial charge in [0.25, 0.3) is 0 Å². The van der Waals surface area contributed by atoms with Crippen LogP contribution in [0.4, 0.5) is 0 Å². The van der Waals surface area contributed by atoms with E-state index in [-0.39, 0.29) is 17.7 Å². The molecule has 2 heterocycles. The Balaban J connectivity index is 1.85. The molecule has 0 aliphatic carbocycles. The smallest absolute Gasteiger partial charge is 0.352 e. The van der Waals surface area contributed by atoms with Crippen LogP contribution < -0.4 is 24.7 Å². The Morgan fingerprint density at radius 1 is 1.26 bits per heavy atom. The molecule has 1 aromatic carbocycles. The van der Waals surface area contributed by atoms with E-state index >= 15 is 0 Å². The van der Waals surface area contributed by atoms with E-state index in [0.29, 0.717) is 34.3 Å². The molecule has 9 nitrogen and oxygen atoms in total. The van der Waals surface area contributed by atoms with Crippen molar-refractivity contribution in [1.29, 1.82) is 0 Å². The van der Waals surface area contributed by atoms with E-state index in [0.717, 1.165) is 0 Å². The number of rotatable bonds is 7. The topological polar surface area (TPSA) is 121 Å². The van der Waals surface area contributed by atoms with Crippen LogP contribution in [0.2, 0.25) is 0 Å². The minimum absolute atomic E-state index is 0.000983. The van der Waals surface area contributed by atoms with E-state index in [2.05, 4.69) is 0 Å². The standard InChI is InChI=1S/C17H20N2O7S/c1-23-10-4-9(5-11(24-2)14(10)25-3)26-6-8-7-27-16-12(18)15(20)19(16)13(8)17(21)22/h4-5,12,16H,6-7,18H2,1-3H3,(H,21,22)/t12?,16-/m1/s1. The molecular weight excluding hydrogens is 376 g/mol. The second-order valence-corrected chi connectivity index (χ2v) is 6.95. The first-order valence-corrected chi connectivity index (χ1v) is 9.06. The second-order valence-electron chi connectivity index (χ2n) is 5.84. The Hall–Kier alpha value is -2.59. The van der Waals surface area contributed by atoms with E-state index in [1.165, 1.54) is 38.0 Å². The molecule has 1 saturated heterocycles. The van der Waals surface area contributed by atoms with Gasteiger partial charge >= 0.3 is 5.97 Å². The fourth-order valence-corrected chi connectivity index (χ4v) is 4.28. The SMILES string of the molecule is COc1cc(OCC2=C(C(=O)O)N3C(=O)C(N)[C@H]3SC2)cc(OC)c1OC. The summed E-state index contributed by atoms with van der Waals surface area (Å²) in [7, 11) is 4.47. The molecule has 0 aromatic heterocycles. The summed E-state index contributed by atoms with van der Waals surface area (Å²) >= 11 is 1.42. The number of carbonyl (C=O) groups is 2. The predicted molar refractivity (Wildman–Crippen MR) is 97.3 cm³/mol. The largest absolute Gasteiger partial charge is 0.493 e. The zero-order chi connectivity index (χ0) is 19.7. The molecule has 1 fully saturated rings. The summed E-state index contributed by atoms with van der Waals surface area (Å²) in [5, 5.41) is 9.21. The Labute approximate surface area is 160 Å². The highest BCUT2D eigenvalue weighted by Crippen LogP contribution is 2.42. The lowest BCUT2D eigenvalue weighted by Crippen LogP contribution is -2.68. The lowest BCUT2D eigenvalue weighted by Gasteiger charge is -2.47. The molecular formula is C17H20N2O7S. The average Bonchev–Trinajstić information content (AvgIpc) is 2.69. The van der Waals surface area contributed by atoms with Gasteiger partial charge in [-0.3, -0.25) is 9.69 Å². The summed E-state index contributed by atoms with van der Waals surface area (Å²) in [6, 6.07) is 2.57. The van der Waals surface area contributed by atoms with Crippen LogP contribution in [-0.2, 0) is 9.59 Å². The van der Waals surface area contributed by atoms with E-state index in [1.54, 1.807) is 12.1 Å². The number of carboxylic acids is 1. The first-order valence-electron chi connectivity index (χ1n) is 8.01. The Morgan fingerprint density at radius 3 is 2.41 bits per heavy atom. The summed E-state index contributed by atoms with van der Waals surface area (Å²) in [6.45, 7) is -0.000983. The normalized spacial score (nSPS) is 21.3. The van der Waals surface area contributed by atoms with Gasteiger partial charge in [-0.05, 0) is 0 Å². The number of amides is 1. The van der Waals surface area contributed by atoms with Crippen molar-refractivity contribution in [3.05, 3.63) is 23.4 Å². The molecule has 2 aliphatic rings. The Bertz CT molecular complexity index is 785. The van der Waals surface area contributed by atoms with Crippen molar-refractivity contribution in [2.24, 2.45) is 5.73 Å². The van der Waals surface area contributed by atoms with Crippen molar-refractivity contribution in [1.82, 2.24) is 4.90 Å². The molecule has 0 spiro atoms. The highest BCUT2D eigenvalue weighted by atomic mass is 32.2. The summed E-state index contributed by atoms with van der Waals surface area (Å²) in [5.41, 5.74) is 6.18. The van der Waals surface area contributed by atoms with Gasteiger partial charge in [-0.1, -0.05) is 0 Å². The zero-order valence-corrected chi connectivity index (χ0v) is 15.9. The molecule has 1 amide bonds. The predicted octanol–water partition coefficient (Wildman–Crippen LogP) is 0.672. The molecule has 3 N–H and O–H groups in total. The third kappa shape index (κ3) is 3.26. The quantitative estimate of drug-likeness (QED) is 0.641. The second kappa shape index (κ2) is 7.57. The molecule has 146 valence electrons. The number of carboxylic acid groups (broad SMARTS) is 1. The van der Waals surface area contributed by atoms with Gasteiger partial charge in [-0.25, -0.2) is 4.79 Å². The maximum atomic E-state index is 12.0. The molecule has 10 heteroatoms. The number of β-lactam (4-membered cyclic amide) rings is 1. The first-order chi connectivity index (χ1) is 12.9. The first kappa shape index (κ1) is 19.2. The fourth-order valence-electron chi connectivity index (χ4n) is 3.00. The Morgan fingerprint density at radius 2 is 1.89 bits per heavy atom.